The highest BCUT2D eigenvalue weighted by atomic mass is 15.1. The van der Waals surface area contributed by atoms with Gasteiger partial charge in [0.2, 0.25) is 0 Å². The van der Waals surface area contributed by atoms with Crippen LogP contribution in [-0.4, -0.2) is 14.4 Å². The summed E-state index contributed by atoms with van der Waals surface area (Å²) in [6.45, 7) is 0. The molecule has 0 saturated carbocycles. The van der Waals surface area contributed by atoms with Crippen LogP contribution in [0.1, 0.15) is 0 Å². The SMILES string of the molecule is c1ccc2cc(-c3ccc(-c4ccc5c(c4)c4ccccc4n4c6cccnc6nc54)cc3)ccc2c1. The maximum atomic E-state index is 4.91. The van der Waals surface area contributed by atoms with Crippen LogP contribution in [0.5, 0.6) is 0 Å². The first-order chi connectivity index (χ1) is 18.3. The van der Waals surface area contributed by atoms with Gasteiger partial charge in [0.25, 0.3) is 0 Å². The molecule has 8 aromatic rings. The molecule has 0 unspecified atom stereocenters. The highest BCUT2D eigenvalue weighted by Gasteiger charge is 2.14. The lowest BCUT2D eigenvalue weighted by molar-refractivity contribution is 1.31. The van der Waals surface area contributed by atoms with Crippen molar-refractivity contribution in [2.24, 2.45) is 0 Å². The average molecular weight is 472 g/mol. The number of aromatic nitrogens is 3. The summed E-state index contributed by atoms with van der Waals surface area (Å²) in [5.41, 5.74) is 8.74. The Labute approximate surface area is 213 Å². The van der Waals surface area contributed by atoms with E-state index in [1.807, 2.05) is 6.07 Å². The lowest BCUT2D eigenvalue weighted by atomic mass is 9.96. The summed E-state index contributed by atoms with van der Waals surface area (Å²) >= 11 is 0. The molecule has 0 atom stereocenters. The van der Waals surface area contributed by atoms with E-state index in [-0.39, 0.29) is 0 Å². The van der Waals surface area contributed by atoms with Gasteiger partial charge in [0.1, 0.15) is 5.65 Å². The van der Waals surface area contributed by atoms with Crippen molar-refractivity contribution in [3.63, 3.8) is 0 Å². The van der Waals surface area contributed by atoms with Crippen molar-refractivity contribution in [3.05, 3.63) is 128 Å². The maximum absolute atomic E-state index is 4.91. The Bertz CT molecular complexity index is 2140. The zero-order chi connectivity index (χ0) is 24.3. The molecule has 0 bridgehead atoms. The van der Waals surface area contributed by atoms with Crippen molar-refractivity contribution < 1.29 is 0 Å². The fourth-order valence-corrected chi connectivity index (χ4v) is 5.60. The summed E-state index contributed by atoms with van der Waals surface area (Å²) < 4.78 is 2.23. The molecule has 0 spiro atoms. The van der Waals surface area contributed by atoms with Gasteiger partial charge < -0.3 is 0 Å². The minimum Gasteiger partial charge on any atom is -0.290 e. The molecule has 5 aromatic carbocycles. The van der Waals surface area contributed by atoms with Crippen molar-refractivity contribution in [3.8, 4) is 22.3 Å². The van der Waals surface area contributed by atoms with Gasteiger partial charge in [0.15, 0.2) is 5.65 Å². The molecule has 0 aliphatic carbocycles. The van der Waals surface area contributed by atoms with Crippen LogP contribution in [0.15, 0.2) is 128 Å². The molecule has 3 heterocycles. The van der Waals surface area contributed by atoms with Crippen LogP contribution in [0.25, 0.3) is 71.5 Å². The summed E-state index contributed by atoms with van der Waals surface area (Å²) in [6, 6.07) is 43.4. The molecule has 3 nitrogen and oxygen atoms in total. The van der Waals surface area contributed by atoms with E-state index in [1.165, 1.54) is 43.8 Å². The van der Waals surface area contributed by atoms with E-state index < -0.39 is 0 Å². The fraction of sp³-hybridized carbons (Fsp3) is 0. The third-order valence-corrected chi connectivity index (χ3v) is 7.43. The summed E-state index contributed by atoms with van der Waals surface area (Å²) in [4.78, 5) is 9.43. The number of nitrogens with zero attached hydrogens (tertiary/aromatic N) is 3. The highest BCUT2D eigenvalue weighted by Crippen LogP contribution is 2.35. The third kappa shape index (κ3) is 3.08. The summed E-state index contributed by atoms with van der Waals surface area (Å²) in [6.07, 6.45) is 1.80. The van der Waals surface area contributed by atoms with Gasteiger partial charge in [-0.25, -0.2) is 9.97 Å². The zero-order valence-electron chi connectivity index (χ0n) is 20.0. The first-order valence-electron chi connectivity index (χ1n) is 12.5. The van der Waals surface area contributed by atoms with Crippen LogP contribution in [0.2, 0.25) is 0 Å². The molecule has 172 valence electrons. The van der Waals surface area contributed by atoms with E-state index >= 15 is 0 Å². The summed E-state index contributed by atoms with van der Waals surface area (Å²) in [5, 5.41) is 6.07. The van der Waals surface area contributed by atoms with Gasteiger partial charge in [-0.1, -0.05) is 84.9 Å². The van der Waals surface area contributed by atoms with Crippen LogP contribution in [0.3, 0.4) is 0 Å². The molecule has 0 amide bonds. The van der Waals surface area contributed by atoms with Crippen LogP contribution in [0, 0.1) is 0 Å². The smallest absolute Gasteiger partial charge is 0.178 e. The van der Waals surface area contributed by atoms with Gasteiger partial charge in [0, 0.05) is 17.0 Å². The van der Waals surface area contributed by atoms with Crippen LogP contribution in [0.4, 0.5) is 0 Å². The molecule has 37 heavy (non-hydrogen) atoms. The van der Waals surface area contributed by atoms with Crippen molar-refractivity contribution in [2.75, 3.05) is 0 Å². The van der Waals surface area contributed by atoms with E-state index in [0.29, 0.717) is 0 Å². The Hall–Kier alpha value is -5.02. The molecule has 8 rings (SSSR count). The summed E-state index contributed by atoms with van der Waals surface area (Å²) in [5.74, 6) is 0. The number of rotatable bonds is 2. The van der Waals surface area contributed by atoms with Gasteiger partial charge >= 0.3 is 0 Å². The van der Waals surface area contributed by atoms with Gasteiger partial charge in [-0.15, -0.1) is 0 Å². The molecule has 0 N–H and O–H groups in total. The number of hydrogen-bond acceptors (Lipinski definition) is 2. The van der Waals surface area contributed by atoms with E-state index in [2.05, 4.69) is 125 Å². The number of imidazole rings is 1. The standard InChI is InChI=1S/C34H21N3/c1-2-7-25-20-26(16-15-22(25)6-1)23-11-13-24(14-12-23)27-17-18-29-30(21-27)28-8-3-4-9-31(28)37-32-10-5-19-35-33(32)36-34(29)37/h1-21H. The van der Waals surface area contributed by atoms with E-state index in [9.17, 15) is 0 Å². The Balaban J connectivity index is 1.29. The van der Waals surface area contributed by atoms with Crippen molar-refractivity contribution >= 4 is 49.3 Å². The van der Waals surface area contributed by atoms with E-state index in [1.54, 1.807) is 6.20 Å². The molecule has 3 aromatic heterocycles. The molecule has 0 aliphatic heterocycles. The number of para-hydroxylation sites is 1. The lowest BCUT2D eigenvalue weighted by Gasteiger charge is -2.11. The van der Waals surface area contributed by atoms with Gasteiger partial charge in [-0.3, -0.25) is 4.40 Å². The average Bonchev–Trinajstić information content (AvgIpc) is 3.37. The van der Waals surface area contributed by atoms with Crippen LogP contribution >= 0.6 is 0 Å². The Morgan fingerprint density at radius 1 is 0.459 bits per heavy atom. The number of fused-ring (bicyclic) bond motifs is 9. The minimum atomic E-state index is 0.772. The Kier molecular flexibility index (Phi) is 4.23. The molecule has 3 heteroatoms. The highest BCUT2D eigenvalue weighted by molar-refractivity contribution is 6.14. The second-order valence-corrected chi connectivity index (χ2v) is 9.53. The number of pyridine rings is 2. The zero-order valence-corrected chi connectivity index (χ0v) is 20.0. The maximum Gasteiger partial charge on any atom is 0.178 e. The van der Waals surface area contributed by atoms with Crippen molar-refractivity contribution in [1.29, 1.82) is 0 Å². The molecular formula is C34H21N3. The predicted molar refractivity (Wildman–Crippen MR) is 154 cm³/mol. The number of hydrogen-bond donors (Lipinski definition) is 0. The first-order valence-corrected chi connectivity index (χ1v) is 12.5. The van der Waals surface area contributed by atoms with Crippen LogP contribution < -0.4 is 0 Å². The summed E-state index contributed by atoms with van der Waals surface area (Å²) in [7, 11) is 0. The molecule has 0 saturated heterocycles. The topological polar surface area (TPSA) is 30.2 Å². The largest absolute Gasteiger partial charge is 0.290 e. The van der Waals surface area contributed by atoms with Crippen molar-refractivity contribution in [2.45, 2.75) is 0 Å². The fourth-order valence-electron chi connectivity index (χ4n) is 5.60. The second-order valence-electron chi connectivity index (χ2n) is 9.53. The lowest BCUT2D eigenvalue weighted by Crippen LogP contribution is -1.92. The van der Waals surface area contributed by atoms with Crippen molar-refractivity contribution in [1.82, 2.24) is 14.4 Å². The molecule has 0 radical (unpaired) electrons. The third-order valence-electron chi connectivity index (χ3n) is 7.43. The molecule has 0 fully saturated rings. The van der Waals surface area contributed by atoms with Gasteiger partial charge in [-0.2, -0.15) is 0 Å². The van der Waals surface area contributed by atoms with E-state index in [4.69, 9.17) is 4.98 Å². The predicted octanol–water partition coefficient (Wildman–Crippen LogP) is 8.68. The quantitative estimate of drug-likeness (QED) is 0.236. The second kappa shape index (κ2) is 7.74. The monoisotopic (exact) mass is 471 g/mol. The van der Waals surface area contributed by atoms with Gasteiger partial charge in [0.05, 0.1) is 11.0 Å². The van der Waals surface area contributed by atoms with E-state index in [0.717, 1.165) is 27.7 Å². The van der Waals surface area contributed by atoms with Gasteiger partial charge in [-0.05, 0) is 74.8 Å². The number of benzene rings is 5. The first kappa shape index (κ1) is 20.2. The molecular weight excluding hydrogens is 450 g/mol. The Morgan fingerprint density at radius 3 is 2.00 bits per heavy atom. The molecule has 0 aliphatic rings. The minimum absolute atomic E-state index is 0.772. The Morgan fingerprint density at radius 2 is 1.14 bits per heavy atom. The van der Waals surface area contributed by atoms with Crippen LogP contribution in [-0.2, 0) is 0 Å². The normalized spacial score (nSPS) is 11.8.